The molecule has 1 aromatic heterocycles. The summed E-state index contributed by atoms with van der Waals surface area (Å²) in [6.07, 6.45) is 5.66. The van der Waals surface area contributed by atoms with E-state index in [1.807, 2.05) is 26.0 Å². The maximum Gasteiger partial charge on any atom is 0.334 e. The first-order valence-electron chi connectivity index (χ1n) is 7.30. The van der Waals surface area contributed by atoms with Gasteiger partial charge in [0.05, 0.1) is 6.26 Å². The molecule has 0 fully saturated rings. The second-order valence-corrected chi connectivity index (χ2v) is 5.69. The first kappa shape index (κ1) is 14.6. The summed E-state index contributed by atoms with van der Waals surface area (Å²) in [5.74, 6) is -0.137. The largest absolute Gasteiger partial charge is 0.464 e. The van der Waals surface area contributed by atoms with Gasteiger partial charge in [0.1, 0.15) is 0 Å². The smallest absolute Gasteiger partial charge is 0.334 e. The molecule has 0 unspecified atom stereocenters. The van der Waals surface area contributed by atoms with Gasteiger partial charge in [-0.2, -0.15) is 0 Å². The lowest BCUT2D eigenvalue weighted by Gasteiger charge is -2.19. The van der Waals surface area contributed by atoms with E-state index in [-0.39, 0.29) is 11.9 Å². The lowest BCUT2D eigenvalue weighted by atomic mass is 9.96. The van der Waals surface area contributed by atoms with Crippen LogP contribution in [0.15, 0.2) is 34.0 Å². The fourth-order valence-corrected chi connectivity index (χ4v) is 2.93. The summed E-state index contributed by atoms with van der Waals surface area (Å²) in [6, 6.07) is 0. The fourth-order valence-electron chi connectivity index (χ4n) is 2.93. The van der Waals surface area contributed by atoms with E-state index < -0.39 is 12.2 Å². The summed E-state index contributed by atoms with van der Waals surface area (Å²) in [4.78, 5) is 23.4. The van der Waals surface area contributed by atoms with E-state index in [1.165, 1.54) is 6.92 Å². The number of aryl methyl sites for hydroxylation is 1. The Hall–Kier alpha value is -2.30. The van der Waals surface area contributed by atoms with E-state index in [9.17, 15) is 9.59 Å². The van der Waals surface area contributed by atoms with E-state index in [1.54, 1.807) is 6.26 Å². The fraction of sp³-hybridized carbons (Fsp3) is 0.412. The zero-order chi connectivity index (χ0) is 15.9. The molecule has 0 saturated heterocycles. The topological polar surface area (TPSA) is 65.7 Å². The quantitative estimate of drug-likeness (QED) is 0.587. The van der Waals surface area contributed by atoms with E-state index in [2.05, 4.69) is 0 Å². The van der Waals surface area contributed by atoms with Crippen molar-refractivity contribution in [1.29, 1.82) is 0 Å². The molecule has 2 aliphatic rings. The third kappa shape index (κ3) is 2.47. The summed E-state index contributed by atoms with van der Waals surface area (Å²) in [5.41, 5.74) is 3.21. The minimum atomic E-state index is -0.588. The van der Waals surface area contributed by atoms with Crippen LogP contribution in [0.2, 0.25) is 0 Å². The van der Waals surface area contributed by atoms with Crippen LogP contribution in [0.25, 0.3) is 0 Å². The maximum absolute atomic E-state index is 11.9. The predicted octanol–water partition coefficient (Wildman–Crippen LogP) is 3.46. The molecule has 1 aromatic rings. The summed E-state index contributed by atoms with van der Waals surface area (Å²) in [5, 5.41) is 0. The highest BCUT2D eigenvalue weighted by molar-refractivity contribution is 5.91. The molecule has 0 spiro atoms. The lowest BCUT2D eigenvalue weighted by Crippen LogP contribution is -2.13. The molecule has 2 bridgehead atoms. The molecule has 3 rings (SSSR count). The standard InChI is InChI=1S/C17H18O5/c1-9-5-4-6-12-7-13(22-17(12)19)14-10(2)8-20-16(14)15(9)21-11(3)18/h5,7-8,13,15H,4,6H2,1-3H3/t13-,15-/m0/s1. The van der Waals surface area contributed by atoms with Gasteiger partial charge in [0, 0.05) is 18.1 Å². The molecule has 5 heteroatoms. The van der Waals surface area contributed by atoms with Crippen LogP contribution in [-0.2, 0) is 19.1 Å². The number of hydrogen-bond acceptors (Lipinski definition) is 5. The average molecular weight is 302 g/mol. The van der Waals surface area contributed by atoms with Gasteiger partial charge in [0.2, 0.25) is 0 Å². The highest BCUT2D eigenvalue weighted by Crippen LogP contribution is 2.41. The molecular weight excluding hydrogens is 284 g/mol. The number of rotatable bonds is 1. The van der Waals surface area contributed by atoms with Crippen molar-refractivity contribution in [2.24, 2.45) is 0 Å². The molecule has 0 radical (unpaired) electrons. The van der Waals surface area contributed by atoms with E-state index in [0.717, 1.165) is 16.7 Å². The molecule has 1 aliphatic heterocycles. The van der Waals surface area contributed by atoms with Crippen molar-refractivity contribution in [1.82, 2.24) is 0 Å². The van der Waals surface area contributed by atoms with Crippen LogP contribution in [0.4, 0.5) is 0 Å². The number of esters is 2. The van der Waals surface area contributed by atoms with Crippen molar-refractivity contribution >= 4 is 11.9 Å². The van der Waals surface area contributed by atoms with Crippen molar-refractivity contribution in [2.45, 2.75) is 45.8 Å². The Labute approximate surface area is 128 Å². The normalized spacial score (nSPS) is 24.0. The van der Waals surface area contributed by atoms with Crippen LogP contribution < -0.4 is 0 Å². The molecule has 5 nitrogen and oxygen atoms in total. The van der Waals surface area contributed by atoms with Gasteiger partial charge in [-0.05, 0) is 43.9 Å². The molecule has 2 heterocycles. The van der Waals surface area contributed by atoms with Crippen molar-refractivity contribution in [3.05, 3.63) is 46.4 Å². The predicted molar refractivity (Wildman–Crippen MR) is 77.9 cm³/mol. The Kier molecular flexibility index (Phi) is 3.64. The molecule has 0 saturated carbocycles. The van der Waals surface area contributed by atoms with Crippen LogP contribution in [0.5, 0.6) is 0 Å². The minimum absolute atomic E-state index is 0.284. The third-order valence-electron chi connectivity index (χ3n) is 4.00. The summed E-state index contributed by atoms with van der Waals surface area (Å²) >= 11 is 0. The molecular formula is C17H18O5. The Balaban J connectivity index is 2.13. The summed E-state index contributed by atoms with van der Waals surface area (Å²) in [7, 11) is 0. The Morgan fingerprint density at radius 3 is 2.86 bits per heavy atom. The van der Waals surface area contributed by atoms with E-state index in [4.69, 9.17) is 13.9 Å². The van der Waals surface area contributed by atoms with Gasteiger partial charge in [-0.15, -0.1) is 0 Å². The Morgan fingerprint density at radius 2 is 2.14 bits per heavy atom. The molecule has 0 aromatic carbocycles. The van der Waals surface area contributed by atoms with Gasteiger partial charge in [-0.3, -0.25) is 4.79 Å². The molecule has 0 N–H and O–H groups in total. The van der Waals surface area contributed by atoms with Gasteiger partial charge >= 0.3 is 11.9 Å². The number of carbonyl (C=O) groups is 2. The van der Waals surface area contributed by atoms with Crippen LogP contribution in [-0.4, -0.2) is 11.9 Å². The number of allylic oxidation sites excluding steroid dienone is 1. The minimum Gasteiger partial charge on any atom is -0.464 e. The monoisotopic (exact) mass is 302 g/mol. The third-order valence-corrected chi connectivity index (χ3v) is 4.00. The highest BCUT2D eigenvalue weighted by Gasteiger charge is 2.35. The van der Waals surface area contributed by atoms with Crippen molar-refractivity contribution in [3.8, 4) is 0 Å². The van der Waals surface area contributed by atoms with E-state index in [0.29, 0.717) is 24.2 Å². The molecule has 2 atom stereocenters. The summed E-state index contributed by atoms with van der Waals surface area (Å²) in [6.45, 7) is 5.16. The Bertz CT molecular complexity index is 692. The molecule has 1 aliphatic carbocycles. The van der Waals surface area contributed by atoms with Crippen LogP contribution in [0.1, 0.15) is 55.8 Å². The zero-order valence-electron chi connectivity index (χ0n) is 12.8. The second-order valence-electron chi connectivity index (χ2n) is 5.69. The highest BCUT2D eigenvalue weighted by atomic mass is 16.6. The Morgan fingerprint density at radius 1 is 1.36 bits per heavy atom. The van der Waals surface area contributed by atoms with E-state index >= 15 is 0 Å². The van der Waals surface area contributed by atoms with Crippen molar-refractivity contribution < 1.29 is 23.5 Å². The van der Waals surface area contributed by atoms with Crippen molar-refractivity contribution in [2.75, 3.05) is 0 Å². The van der Waals surface area contributed by atoms with Crippen LogP contribution in [0, 0.1) is 6.92 Å². The second kappa shape index (κ2) is 5.48. The maximum atomic E-state index is 11.9. The van der Waals surface area contributed by atoms with Crippen LogP contribution in [0.3, 0.4) is 0 Å². The SMILES string of the molecule is CC(=O)O[C@H]1C(C)=CCCC2=C[C@H](OC2=O)c2c(C)coc21. The van der Waals surface area contributed by atoms with Gasteiger partial charge in [-0.1, -0.05) is 6.08 Å². The average Bonchev–Trinajstić information content (AvgIpc) is 2.98. The van der Waals surface area contributed by atoms with Gasteiger partial charge in [0.25, 0.3) is 0 Å². The molecule has 22 heavy (non-hydrogen) atoms. The van der Waals surface area contributed by atoms with Crippen molar-refractivity contribution in [3.63, 3.8) is 0 Å². The summed E-state index contributed by atoms with van der Waals surface area (Å²) < 4.78 is 16.6. The van der Waals surface area contributed by atoms with Gasteiger partial charge in [-0.25, -0.2) is 4.79 Å². The number of ether oxygens (including phenoxy) is 2. The molecule has 116 valence electrons. The van der Waals surface area contributed by atoms with Gasteiger partial charge in [0.15, 0.2) is 18.0 Å². The zero-order valence-corrected chi connectivity index (χ0v) is 12.8. The number of furan rings is 1. The first-order valence-corrected chi connectivity index (χ1v) is 7.30. The molecule has 0 amide bonds. The lowest BCUT2D eigenvalue weighted by molar-refractivity contribution is -0.146. The first-order chi connectivity index (χ1) is 10.5. The number of carbonyl (C=O) groups excluding carboxylic acids is 2. The van der Waals surface area contributed by atoms with Crippen LogP contribution >= 0.6 is 0 Å². The number of fused-ring (bicyclic) bond motifs is 3. The van der Waals surface area contributed by atoms with Gasteiger partial charge < -0.3 is 13.9 Å². The number of hydrogen-bond donors (Lipinski definition) is 0.